The number of nitrogens with zero attached hydrogens (tertiary/aromatic N) is 6. The van der Waals surface area contributed by atoms with Crippen LogP contribution in [0.5, 0.6) is 0 Å². The molecule has 0 atom stereocenters. The molecule has 0 aliphatic heterocycles. The van der Waals surface area contributed by atoms with Crippen molar-refractivity contribution in [2.24, 2.45) is 0 Å². The lowest BCUT2D eigenvalue weighted by atomic mass is 9.96. The number of rotatable bonds is 7. The fraction of sp³-hybridized carbons (Fsp3) is 0. The first-order valence-electron chi connectivity index (χ1n) is 18.5. The van der Waals surface area contributed by atoms with Crippen molar-refractivity contribution < 1.29 is 0 Å². The van der Waals surface area contributed by atoms with Gasteiger partial charge in [-0.2, -0.15) is 0 Å². The van der Waals surface area contributed by atoms with E-state index < -0.39 is 0 Å². The number of fused-ring (bicyclic) bond motifs is 3. The standard InChI is InChI=1S/C50H32N6/c1-4-12-33(13-5-1)34-21-23-38(24-22-34)49-54-48(37-16-8-3-9-17-37)55-50(56-49)40-19-10-18-39(30-40)43-31-45(41-20-11-29-51-32-41)53-47-42(43)27-25-36-26-28-44(52-46(36)47)35-14-6-2-7-15-35/h1-32H. The summed E-state index contributed by atoms with van der Waals surface area (Å²) in [4.78, 5) is 30.0. The predicted octanol–water partition coefficient (Wildman–Crippen LogP) is 12.0. The first-order chi connectivity index (χ1) is 27.7. The Labute approximate surface area is 324 Å². The highest BCUT2D eigenvalue weighted by Gasteiger charge is 2.17. The number of benzene rings is 6. The van der Waals surface area contributed by atoms with Crippen LogP contribution in [0.4, 0.5) is 0 Å². The molecule has 0 saturated carbocycles. The van der Waals surface area contributed by atoms with Crippen molar-refractivity contribution in [3.05, 3.63) is 194 Å². The van der Waals surface area contributed by atoms with Crippen LogP contribution in [0.1, 0.15) is 0 Å². The molecule has 0 spiro atoms. The van der Waals surface area contributed by atoms with E-state index in [0.29, 0.717) is 17.5 Å². The minimum Gasteiger partial charge on any atom is -0.264 e. The highest BCUT2D eigenvalue weighted by atomic mass is 15.0. The maximum atomic E-state index is 5.26. The Morgan fingerprint density at radius 2 is 0.839 bits per heavy atom. The molecule has 56 heavy (non-hydrogen) atoms. The van der Waals surface area contributed by atoms with Gasteiger partial charge in [-0.1, -0.05) is 152 Å². The molecule has 0 aliphatic carbocycles. The molecular formula is C50H32N6. The van der Waals surface area contributed by atoms with Gasteiger partial charge in [0.15, 0.2) is 17.5 Å². The minimum absolute atomic E-state index is 0.591. The first kappa shape index (κ1) is 32.9. The number of hydrogen-bond acceptors (Lipinski definition) is 6. The van der Waals surface area contributed by atoms with Gasteiger partial charge in [0.1, 0.15) is 0 Å². The predicted molar refractivity (Wildman–Crippen MR) is 226 cm³/mol. The summed E-state index contributed by atoms with van der Waals surface area (Å²) in [6, 6.07) is 62.1. The van der Waals surface area contributed by atoms with Crippen molar-refractivity contribution >= 4 is 21.8 Å². The van der Waals surface area contributed by atoms with Gasteiger partial charge < -0.3 is 0 Å². The van der Waals surface area contributed by atoms with Crippen molar-refractivity contribution in [1.29, 1.82) is 0 Å². The number of pyridine rings is 3. The van der Waals surface area contributed by atoms with E-state index in [0.717, 1.165) is 83.3 Å². The Balaban J connectivity index is 1.14. The molecule has 0 radical (unpaired) electrons. The fourth-order valence-corrected chi connectivity index (χ4v) is 7.16. The summed E-state index contributed by atoms with van der Waals surface area (Å²) >= 11 is 0. The maximum Gasteiger partial charge on any atom is 0.164 e. The van der Waals surface area contributed by atoms with E-state index in [1.54, 1.807) is 6.20 Å². The quantitative estimate of drug-likeness (QED) is 0.153. The second-order valence-electron chi connectivity index (χ2n) is 13.6. The van der Waals surface area contributed by atoms with Gasteiger partial charge in [0.05, 0.1) is 22.4 Å². The molecule has 4 heterocycles. The molecule has 6 nitrogen and oxygen atoms in total. The van der Waals surface area contributed by atoms with E-state index in [1.807, 2.05) is 72.9 Å². The largest absolute Gasteiger partial charge is 0.264 e. The van der Waals surface area contributed by atoms with Gasteiger partial charge in [0.25, 0.3) is 0 Å². The van der Waals surface area contributed by atoms with Gasteiger partial charge in [0, 0.05) is 51.0 Å². The Morgan fingerprint density at radius 3 is 1.54 bits per heavy atom. The molecule has 6 aromatic carbocycles. The van der Waals surface area contributed by atoms with E-state index in [-0.39, 0.29) is 0 Å². The first-order valence-corrected chi connectivity index (χ1v) is 18.5. The van der Waals surface area contributed by atoms with Crippen LogP contribution in [0.2, 0.25) is 0 Å². The Hall–Kier alpha value is -7.70. The third kappa shape index (κ3) is 6.35. The molecule has 0 N–H and O–H groups in total. The number of hydrogen-bond donors (Lipinski definition) is 0. The summed E-state index contributed by atoms with van der Waals surface area (Å²) in [6.07, 6.45) is 3.63. The zero-order valence-electron chi connectivity index (χ0n) is 30.2. The van der Waals surface area contributed by atoms with E-state index in [1.165, 1.54) is 0 Å². The van der Waals surface area contributed by atoms with Crippen molar-refractivity contribution in [1.82, 2.24) is 29.9 Å². The molecule has 262 valence electrons. The lowest BCUT2D eigenvalue weighted by molar-refractivity contribution is 1.07. The van der Waals surface area contributed by atoms with Gasteiger partial charge in [0.2, 0.25) is 0 Å². The lowest BCUT2D eigenvalue weighted by Gasteiger charge is -2.14. The van der Waals surface area contributed by atoms with E-state index in [4.69, 9.17) is 24.9 Å². The Bertz CT molecular complexity index is 2990. The molecule has 6 heteroatoms. The van der Waals surface area contributed by atoms with Gasteiger partial charge in [-0.05, 0) is 52.6 Å². The highest BCUT2D eigenvalue weighted by molar-refractivity contribution is 6.09. The summed E-state index contributed by atoms with van der Waals surface area (Å²) in [5.74, 6) is 1.82. The summed E-state index contributed by atoms with van der Waals surface area (Å²) in [6.45, 7) is 0. The molecule has 0 saturated heterocycles. The molecule has 10 aromatic rings. The van der Waals surface area contributed by atoms with Crippen molar-refractivity contribution in [2.75, 3.05) is 0 Å². The van der Waals surface area contributed by atoms with Crippen LogP contribution in [-0.4, -0.2) is 29.9 Å². The summed E-state index contributed by atoms with van der Waals surface area (Å²) in [5.41, 5.74) is 12.4. The molecular weight excluding hydrogens is 685 g/mol. The number of aromatic nitrogens is 6. The normalized spacial score (nSPS) is 11.2. The van der Waals surface area contributed by atoms with Crippen LogP contribution in [0.15, 0.2) is 194 Å². The molecule has 0 amide bonds. The molecule has 0 bridgehead atoms. The minimum atomic E-state index is 0.591. The second kappa shape index (κ2) is 14.3. The van der Waals surface area contributed by atoms with Crippen LogP contribution in [0.3, 0.4) is 0 Å². The van der Waals surface area contributed by atoms with Gasteiger partial charge >= 0.3 is 0 Å². The van der Waals surface area contributed by atoms with Crippen molar-refractivity contribution in [2.45, 2.75) is 0 Å². The summed E-state index contributed by atoms with van der Waals surface area (Å²) in [7, 11) is 0. The maximum absolute atomic E-state index is 5.26. The summed E-state index contributed by atoms with van der Waals surface area (Å²) < 4.78 is 0. The molecule has 4 aromatic heterocycles. The van der Waals surface area contributed by atoms with Crippen LogP contribution >= 0.6 is 0 Å². The average Bonchev–Trinajstić information content (AvgIpc) is 3.29. The van der Waals surface area contributed by atoms with Gasteiger partial charge in [-0.15, -0.1) is 0 Å². The van der Waals surface area contributed by atoms with E-state index in [2.05, 4.69) is 120 Å². The van der Waals surface area contributed by atoms with Gasteiger partial charge in [-0.3, -0.25) is 4.98 Å². The van der Waals surface area contributed by atoms with Crippen LogP contribution in [0.25, 0.3) is 101 Å². The third-order valence-corrected chi connectivity index (χ3v) is 10.0. The smallest absolute Gasteiger partial charge is 0.164 e. The van der Waals surface area contributed by atoms with Crippen molar-refractivity contribution in [3.63, 3.8) is 0 Å². The lowest BCUT2D eigenvalue weighted by Crippen LogP contribution is -2.00. The van der Waals surface area contributed by atoms with Crippen LogP contribution < -0.4 is 0 Å². The topological polar surface area (TPSA) is 77.3 Å². The second-order valence-corrected chi connectivity index (χ2v) is 13.6. The zero-order chi connectivity index (χ0) is 37.3. The van der Waals surface area contributed by atoms with Crippen LogP contribution in [0, 0.1) is 0 Å². The van der Waals surface area contributed by atoms with E-state index >= 15 is 0 Å². The Kier molecular flexibility index (Phi) is 8.39. The zero-order valence-corrected chi connectivity index (χ0v) is 30.2. The Morgan fingerprint density at radius 1 is 0.304 bits per heavy atom. The highest BCUT2D eigenvalue weighted by Crippen LogP contribution is 2.37. The average molecular weight is 717 g/mol. The van der Waals surface area contributed by atoms with E-state index in [9.17, 15) is 0 Å². The fourth-order valence-electron chi connectivity index (χ4n) is 7.16. The van der Waals surface area contributed by atoms with Crippen molar-refractivity contribution in [3.8, 4) is 78.9 Å². The van der Waals surface area contributed by atoms with Gasteiger partial charge in [-0.25, -0.2) is 24.9 Å². The molecule has 0 fully saturated rings. The third-order valence-electron chi connectivity index (χ3n) is 10.0. The SMILES string of the molecule is c1ccc(-c2ccc(-c3nc(-c4ccccc4)nc(-c4cccc(-c5cc(-c6cccnc6)nc6c5ccc5ccc(-c7ccccc7)nc56)c4)n3)cc2)cc1. The monoisotopic (exact) mass is 716 g/mol. The summed E-state index contributed by atoms with van der Waals surface area (Å²) in [5, 5.41) is 2.02. The molecule has 0 unspecified atom stereocenters. The molecule has 10 rings (SSSR count). The molecule has 0 aliphatic rings. The van der Waals surface area contributed by atoms with Crippen LogP contribution in [-0.2, 0) is 0 Å².